The van der Waals surface area contributed by atoms with E-state index in [0.29, 0.717) is 17.0 Å². The molecule has 0 aliphatic heterocycles. The van der Waals surface area contributed by atoms with E-state index in [1.165, 1.54) is 20.3 Å². The largest absolute Gasteiger partial charge is 0.491 e. The lowest BCUT2D eigenvalue weighted by Gasteiger charge is -2.27. The Kier molecular flexibility index (Phi) is 7.73. The highest BCUT2D eigenvalue weighted by Crippen LogP contribution is 2.14. The third-order valence-corrected chi connectivity index (χ3v) is 4.11. The van der Waals surface area contributed by atoms with E-state index in [2.05, 4.69) is 15.4 Å². The van der Waals surface area contributed by atoms with Crippen molar-refractivity contribution in [2.24, 2.45) is 0 Å². The van der Waals surface area contributed by atoms with Gasteiger partial charge in [0.15, 0.2) is 0 Å². The summed E-state index contributed by atoms with van der Waals surface area (Å²) in [6, 6.07) is 15.4. The average Bonchev–Trinajstić information content (AvgIpc) is 2.76. The van der Waals surface area contributed by atoms with Gasteiger partial charge in [-0.05, 0) is 37.3 Å². The van der Waals surface area contributed by atoms with E-state index < -0.39 is 23.4 Å². The molecular formula is C21H24N2O6. The molecule has 1 amide bonds. The van der Waals surface area contributed by atoms with Gasteiger partial charge >= 0.3 is 11.9 Å². The van der Waals surface area contributed by atoms with Crippen LogP contribution in [0.1, 0.15) is 17.3 Å². The number of methoxy groups -OCH3 is 2. The van der Waals surface area contributed by atoms with E-state index in [1.807, 2.05) is 18.2 Å². The number of benzene rings is 2. The van der Waals surface area contributed by atoms with E-state index in [0.717, 1.165) is 0 Å². The van der Waals surface area contributed by atoms with Gasteiger partial charge in [-0.1, -0.05) is 24.3 Å². The summed E-state index contributed by atoms with van der Waals surface area (Å²) >= 11 is 0. The molecule has 8 nitrogen and oxygen atoms in total. The molecule has 0 heterocycles. The van der Waals surface area contributed by atoms with Crippen molar-refractivity contribution in [2.75, 3.05) is 32.7 Å². The Labute approximate surface area is 169 Å². The molecule has 154 valence electrons. The summed E-state index contributed by atoms with van der Waals surface area (Å²) in [5.74, 6) is -0.875. The van der Waals surface area contributed by atoms with Crippen LogP contribution < -0.4 is 15.4 Å². The van der Waals surface area contributed by atoms with E-state index in [1.54, 1.807) is 37.3 Å². The van der Waals surface area contributed by atoms with E-state index in [4.69, 9.17) is 9.47 Å². The number of hydrogen-bond donors (Lipinski definition) is 2. The molecular weight excluding hydrogens is 376 g/mol. The van der Waals surface area contributed by atoms with Crippen molar-refractivity contribution in [2.45, 2.75) is 12.5 Å². The highest BCUT2D eigenvalue weighted by molar-refractivity contribution is 5.95. The SMILES string of the molecule is COC(=O)c1cccc(NC(=O)CNC(C)(COc2ccccc2)C(=O)OC)c1. The van der Waals surface area contributed by atoms with Gasteiger partial charge in [0.2, 0.25) is 5.91 Å². The maximum Gasteiger partial charge on any atom is 0.337 e. The summed E-state index contributed by atoms with van der Waals surface area (Å²) in [6.45, 7) is 1.38. The van der Waals surface area contributed by atoms with Crippen LogP contribution in [0.15, 0.2) is 54.6 Å². The standard InChI is InChI=1S/C21H24N2O6/c1-21(20(26)28-3,14-29-17-10-5-4-6-11-17)22-13-18(24)23-16-9-7-8-15(12-16)19(25)27-2/h4-12,22H,13-14H2,1-3H3,(H,23,24). The van der Waals surface area contributed by atoms with Gasteiger partial charge in [-0.3, -0.25) is 10.1 Å². The first-order chi connectivity index (χ1) is 13.9. The van der Waals surface area contributed by atoms with Gasteiger partial charge in [0, 0.05) is 5.69 Å². The summed E-state index contributed by atoms with van der Waals surface area (Å²) in [4.78, 5) is 36.1. The summed E-state index contributed by atoms with van der Waals surface area (Å²) in [5.41, 5.74) is -0.496. The number of anilines is 1. The Morgan fingerprint density at radius 1 is 0.966 bits per heavy atom. The smallest absolute Gasteiger partial charge is 0.337 e. The van der Waals surface area contributed by atoms with Gasteiger partial charge in [-0.25, -0.2) is 9.59 Å². The quantitative estimate of drug-likeness (QED) is 0.621. The molecule has 2 aromatic rings. The molecule has 0 aliphatic rings. The number of esters is 2. The summed E-state index contributed by atoms with van der Waals surface area (Å²) in [5, 5.41) is 5.54. The lowest BCUT2D eigenvalue weighted by Crippen LogP contribution is -2.56. The second-order valence-electron chi connectivity index (χ2n) is 6.40. The van der Waals surface area contributed by atoms with Crippen LogP contribution in [0.25, 0.3) is 0 Å². The van der Waals surface area contributed by atoms with Crippen LogP contribution >= 0.6 is 0 Å². The normalized spacial score (nSPS) is 12.4. The predicted octanol–water partition coefficient (Wildman–Crippen LogP) is 2.01. The Morgan fingerprint density at radius 2 is 1.69 bits per heavy atom. The average molecular weight is 400 g/mol. The van der Waals surface area contributed by atoms with Gasteiger partial charge < -0.3 is 19.5 Å². The zero-order valence-corrected chi connectivity index (χ0v) is 16.6. The molecule has 0 radical (unpaired) electrons. The van der Waals surface area contributed by atoms with Crippen molar-refractivity contribution in [3.63, 3.8) is 0 Å². The number of hydrogen-bond acceptors (Lipinski definition) is 7. The maximum absolute atomic E-state index is 12.3. The molecule has 2 aromatic carbocycles. The topological polar surface area (TPSA) is 103 Å². The zero-order valence-electron chi connectivity index (χ0n) is 16.6. The number of amides is 1. The highest BCUT2D eigenvalue weighted by Gasteiger charge is 2.35. The van der Waals surface area contributed by atoms with Crippen LogP contribution in [0.3, 0.4) is 0 Å². The molecule has 29 heavy (non-hydrogen) atoms. The first-order valence-electron chi connectivity index (χ1n) is 8.87. The summed E-state index contributed by atoms with van der Waals surface area (Å²) < 4.78 is 15.2. The summed E-state index contributed by atoms with van der Waals surface area (Å²) in [7, 11) is 2.55. The van der Waals surface area contributed by atoms with Crippen LogP contribution in [0.4, 0.5) is 5.69 Å². The molecule has 0 bridgehead atoms. The third kappa shape index (κ3) is 6.32. The van der Waals surface area contributed by atoms with Crippen LogP contribution in [0.2, 0.25) is 0 Å². The van der Waals surface area contributed by atoms with E-state index in [-0.39, 0.29) is 13.2 Å². The van der Waals surface area contributed by atoms with Crippen molar-refractivity contribution >= 4 is 23.5 Å². The number of para-hydroxylation sites is 1. The fourth-order valence-electron chi connectivity index (χ4n) is 2.47. The zero-order chi connectivity index (χ0) is 21.3. The number of carbonyl (C=O) groups excluding carboxylic acids is 3. The molecule has 0 aromatic heterocycles. The fourth-order valence-corrected chi connectivity index (χ4v) is 2.47. The number of ether oxygens (including phenoxy) is 3. The van der Waals surface area contributed by atoms with Gasteiger partial charge in [0.25, 0.3) is 0 Å². The van der Waals surface area contributed by atoms with Crippen molar-refractivity contribution in [3.8, 4) is 5.75 Å². The second kappa shape index (κ2) is 10.2. The van der Waals surface area contributed by atoms with E-state index in [9.17, 15) is 14.4 Å². The fraction of sp³-hybridized carbons (Fsp3) is 0.286. The van der Waals surface area contributed by atoms with Gasteiger partial charge in [0.05, 0.1) is 26.3 Å². The van der Waals surface area contributed by atoms with E-state index >= 15 is 0 Å². The number of nitrogens with one attached hydrogen (secondary N) is 2. The lowest BCUT2D eigenvalue weighted by molar-refractivity contribution is -0.149. The van der Waals surface area contributed by atoms with Gasteiger partial charge in [0.1, 0.15) is 17.9 Å². The van der Waals surface area contributed by atoms with Crippen LogP contribution in [0.5, 0.6) is 5.75 Å². The number of rotatable bonds is 9. The second-order valence-corrected chi connectivity index (χ2v) is 6.40. The minimum atomic E-state index is -1.24. The minimum Gasteiger partial charge on any atom is -0.491 e. The van der Waals surface area contributed by atoms with Crippen LogP contribution in [-0.2, 0) is 19.1 Å². The molecule has 2 rings (SSSR count). The molecule has 1 unspecified atom stereocenters. The monoisotopic (exact) mass is 400 g/mol. The van der Waals surface area contributed by atoms with Crippen LogP contribution in [0, 0.1) is 0 Å². The predicted molar refractivity (Wildman–Crippen MR) is 107 cm³/mol. The molecule has 8 heteroatoms. The third-order valence-electron chi connectivity index (χ3n) is 4.11. The molecule has 2 N–H and O–H groups in total. The first kappa shape index (κ1) is 21.9. The van der Waals surface area contributed by atoms with Crippen molar-refractivity contribution in [3.05, 3.63) is 60.2 Å². The molecule has 0 fully saturated rings. The van der Waals surface area contributed by atoms with Crippen LogP contribution in [-0.4, -0.2) is 50.8 Å². The Bertz CT molecular complexity index is 855. The lowest BCUT2D eigenvalue weighted by atomic mass is 10.0. The summed E-state index contributed by atoms with van der Waals surface area (Å²) in [6.07, 6.45) is 0. The van der Waals surface area contributed by atoms with Crippen molar-refractivity contribution in [1.82, 2.24) is 5.32 Å². The number of carbonyl (C=O) groups is 3. The van der Waals surface area contributed by atoms with Gasteiger partial charge in [-0.2, -0.15) is 0 Å². The highest BCUT2D eigenvalue weighted by atomic mass is 16.5. The first-order valence-corrected chi connectivity index (χ1v) is 8.87. The molecule has 0 saturated heterocycles. The Morgan fingerprint density at radius 3 is 2.34 bits per heavy atom. The Balaban J connectivity index is 1.98. The van der Waals surface area contributed by atoms with Gasteiger partial charge in [-0.15, -0.1) is 0 Å². The molecule has 0 aliphatic carbocycles. The minimum absolute atomic E-state index is 0.0329. The molecule has 0 spiro atoms. The maximum atomic E-state index is 12.3. The Hall–Kier alpha value is -3.39. The molecule has 0 saturated carbocycles. The van der Waals surface area contributed by atoms with Crippen molar-refractivity contribution in [1.29, 1.82) is 0 Å². The van der Waals surface area contributed by atoms with Crippen molar-refractivity contribution < 1.29 is 28.6 Å². The molecule has 1 atom stereocenters.